The van der Waals surface area contributed by atoms with E-state index in [0.29, 0.717) is 16.6 Å². The average molecular weight is 266 g/mol. The zero-order valence-electron chi connectivity index (χ0n) is 9.98. The molecule has 1 N–H and O–H groups in total. The van der Waals surface area contributed by atoms with Gasteiger partial charge in [-0.3, -0.25) is 10.1 Å². The third-order valence-electron chi connectivity index (χ3n) is 2.33. The first-order chi connectivity index (χ1) is 8.06. The molecule has 0 unspecified atom stereocenters. The molecule has 2 heterocycles. The summed E-state index contributed by atoms with van der Waals surface area (Å²) >= 11 is 3.04. The van der Waals surface area contributed by atoms with Crippen LogP contribution in [0.3, 0.4) is 0 Å². The molecule has 0 spiro atoms. The highest BCUT2D eigenvalue weighted by molar-refractivity contribution is 7.14. The summed E-state index contributed by atoms with van der Waals surface area (Å²) in [7, 11) is 0. The maximum absolute atomic E-state index is 11.9. The smallest absolute Gasteiger partial charge is 0.258 e. The van der Waals surface area contributed by atoms with Crippen LogP contribution in [-0.4, -0.2) is 10.9 Å². The van der Waals surface area contributed by atoms with Crippen LogP contribution in [0.25, 0.3) is 0 Å². The average Bonchev–Trinajstić information content (AvgIpc) is 2.86. The topological polar surface area (TPSA) is 42.0 Å². The van der Waals surface area contributed by atoms with Gasteiger partial charge in [0.05, 0.1) is 11.3 Å². The second-order valence-corrected chi connectivity index (χ2v) is 6.11. The molecule has 2 rings (SSSR count). The second-order valence-electron chi connectivity index (χ2n) is 4.13. The number of hydrogen-bond donors (Lipinski definition) is 1. The SMILES string of the molecule is Cc1cc(C(=O)Nc2nc(C(C)C)cs2)cs1. The lowest BCUT2D eigenvalue weighted by molar-refractivity contribution is 0.102. The molecule has 90 valence electrons. The Balaban J connectivity index is 2.07. The van der Waals surface area contributed by atoms with Crippen molar-refractivity contribution < 1.29 is 4.79 Å². The molecule has 0 aliphatic carbocycles. The molecule has 0 saturated carbocycles. The van der Waals surface area contributed by atoms with E-state index in [1.165, 1.54) is 11.3 Å². The third kappa shape index (κ3) is 2.92. The van der Waals surface area contributed by atoms with Crippen LogP contribution in [0, 0.1) is 6.92 Å². The molecule has 0 radical (unpaired) electrons. The molecule has 3 nitrogen and oxygen atoms in total. The van der Waals surface area contributed by atoms with Crippen molar-refractivity contribution >= 4 is 33.7 Å². The van der Waals surface area contributed by atoms with Crippen molar-refractivity contribution in [3.8, 4) is 0 Å². The van der Waals surface area contributed by atoms with Gasteiger partial charge in [0, 0.05) is 15.6 Å². The number of nitrogens with one attached hydrogen (secondary N) is 1. The number of thiazole rings is 1. The number of thiophene rings is 1. The van der Waals surface area contributed by atoms with Gasteiger partial charge in [0.2, 0.25) is 0 Å². The molecule has 0 bridgehead atoms. The minimum Gasteiger partial charge on any atom is -0.298 e. The molecule has 2 aromatic rings. The predicted molar refractivity (Wildman–Crippen MR) is 73.2 cm³/mol. The number of amides is 1. The molecule has 0 atom stereocenters. The highest BCUT2D eigenvalue weighted by Crippen LogP contribution is 2.22. The molecule has 5 heteroatoms. The summed E-state index contributed by atoms with van der Waals surface area (Å²) in [5, 5.41) is 7.34. The molecular formula is C12H14N2OS2. The predicted octanol–water partition coefficient (Wildman–Crippen LogP) is 3.89. The van der Waals surface area contributed by atoms with E-state index in [-0.39, 0.29) is 5.91 Å². The van der Waals surface area contributed by atoms with Crippen molar-refractivity contribution in [2.45, 2.75) is 26.7 Å². The number of rotatable bonds is 3. The maximum Gasteiger partial charge on any atom is 0.258 e. The van der Waals surface area contributed by atoms with Crippen molar-refractivity contribution in [2.24, 2.45) is 0 Å². The first kappa shape index (κ1) is 12.3. The van der Waals surface area contributed by atoms with E-state index in [0.717, 1.165) is 10.6 Å². The van der Waals surface area contributed by atoms with Crippen LogP contribution in [0.1, 0.15) is 40.7 Å². The quantitative estimate of drug-likeness (QED) is 0.915. The van der Waals surface area contributed by atoms with Crippen LogP contribution < -0.4 is 5.32 Å². The second kappa shape index (κ2) is 4.98. The van der Waals surface area contributed by atoms with Crippen molar-refractivity contribution in [1.82, 2.24) is 4.98 Å². The van der Waals surface area contributed by atoms with Crippen molar-refractivity contribution in [1.29, 1.82) is 0 Å². The van der Waals surface area contributed by atoms with Gasteiger partial charge in [-0.05, 0) is 18.9 Å². The summed E-state index contributed by atoms with van der Waals surface area (Å²) in [4.78, 5) is 17.4. The number of nitrogens with zero attached hydrogens (tertiary/aromatic N) is 1. The number of aryl methyl sites for hydroxylation is 1. The Bertz CT molecular complexity index is 528. The number of aromatic nitrogens is 1. The first-order valence-corrected chi connectivity index (χ1v) is 7.14. The minimum atomic E-state index is -0.0843. The largest absolute Gasteiger partial charge is 0.298 e. The van der Waals surface area contributed by atoms with Gasteiger partial charge in [-0.1, -0.05) is 13.8 Å². The van der Waals surface area contributed by atoms with Crippen LogP contribution in [0.5, 0.6) is 0 Å². The van der Waals surface area contributed by atoms with E-state index in [1.807, 2.05) is 23.8 Å². The van der Waals surface area contributed by atoms with Gasteiger partial charge in [0.1, 0.15) is 0 Å². The lowest BCUT2D eigenvalue weighted by Gasteiger charge is -1.99. The van der Waals surface area contributed by atoms with Crippen LogP contribution in [0.15, 0.2) is 16.8 Å². The summed E-state index contributed by atoms with van der Waals surface area (Å²) < 4.78 is 0. The summed E-state index contributed by atoms with van der Waals surface area (Å²) in [5.74, 6) is 0.305. The van der Waals surface area contributed by atoms with Crippen LogP contribution >= 0.6 is 22.7 Å². The first-order valence-electron chi connectivity index (χ1n) is 5.38. The van der Waals surface area contributed by atoms with Gasteiger partial charge in [-0.15, -0.1) is 22.7 Å². The molecule has 0 aliphatic heterocycles. The van der Waals surface area contributed by atoms with Crippen molar-refractivity contribution in [3.63, 3.8) is 0 Å². The summed E-state index contributed by atoms with van der Waals surface area (Å²) in [6.07, 6.45) is 0. The Labute approximate surface area is 109 Å². The van der Waals surface area contributed by atoms with Gasteiger partial charge >= 0.3 is 0 Å². The molecule has 0 fully saturated rings. The molecule has 0 saturated heterocycles. The lowest BCUT2D eigenvalue weighted by Crippen LogP contribution is -2.10. The molecule has 1 amide bonds. The normalized spacial score (nSPS) is 10.8. The summed E-state index contributed by atoms with van der Waals surface area (Å²) in [5.41, 5.74) is 1.72. The Morgan fingerprint density at radius 3 is 2.65 bits per heavy atom. The Morgan fingerprint density at radius 2 is 2.12 bits per heavy atom. The van der Waals surface area contributed by atoms with E-state index in [9.17, 15) is 4.79 Å². The monoisotopic (exact) mass is 266 g/mol. The number of carbonyl (C=O) groups excluding carboxylic acids is 1. The zero-order chi connectivity index (χ0) is 12.4. The van der Waals surface area contributed by atoms with Gasteiger partial charge in [-0.25, -0.2) is 4.98 Å². The van der Waals surface area contributed by atoms with Crippen molar-refractivity contribution in [3.05, 3.63) is 33.0 Å². The summed E-state index contributed by atoms with van der Waals surface area (Å²) in [6, 6.07) is 1.89. The molecule has 0 aromatic carbocycles. The minimum absolute atomic E-state index is 0.0843. The zero-order valence-corrected chi connectivity index (χ0v) is 11.6. The number of carbonyl (C=O) groups is 1. The van der Waals surface area contributed by atoms with Crippen molar-refractivity contribution in [2.75, 3.05) is 5.32 Å². The molecule has 0 aliphatic rings. The Morgan fingerprint density at radius 1 is 1.35 bits per heavy atom. The third-order valence-corrected chi connectivity index (χ3v) is 3.96. The molecule has 17 heavy (non-hydrogen) atoms. The lowest BCUT2D eigenvalue weighted by atomic mass is 10.2. The van der Waals surface area contributed by atoms with E-state index in [2.05, 4.69) is 24.1 Å². The van der Waals surface area contributed by atoms with Crippen LogP contribution in [0.2, 0.25) is 0 Å². The van der Waals surface area contributed by atoms with Crippen LogP contribution in [-0.2, 0) is 0 Å². The van der Waals surface area contributed by atoms with Gasteiger partial charge in [0.25, 0.3) is 5.91 Å². The van der Waals surface area contributed by atoms with E-state index in [1.54, 1.807) is 11.3 Å². The van der Waals surface area contributed by atoms with Crippen LogP contribution in [0.4, 0.5) is 5.13 Å². The highest BCUT2D eigenvalue weighted by atomic mass is 32.1. The highest BCUT2D eigenvalue weighted by Gasteiger charge is 2.11. The van der Waals surface area contributed by atoms with E-state index >= 15 is 0 Å². The van der Waals surface area contributed by atoms with Gasteiger partial charge < -0.3 is 0 Å². The van der Waals surface area contributed by atoms with Gasteiger partial charge in [-0.2, -0.15) is 0 Å². The summed E-state index contributed by atoms with van der Waals surface area (Å²) in [6.45, 7) is 6.16. The standard InChI is InChI=1S/C12H14N2OS2/c1-7(2)10-6-17-12(13-10)14-11(15)9-4-8(3)16-5-9/h4-7H,1-3H3,(H,13,14,15). The van der Waals surface area contributed by atoms with E-state index in [4.69, 9.17) is 0 Å². The number of hydrogen-bond acceptors (Lipinski definition) is 4. The Kier molecular flexibility index (Phi) is 3.59. The Hall–Kier alpha value is -1.20. The maximum atomic E-state index is 11.9. The van der Waals surface area contributed by atoms with Gasteiger partial charge in [0.15, 0.2) is 5.13 Å². The fraction of sp³-hybridized carbons (Fsp3) is 0.333. The number of anilines is 1. The molecule has 2 aromatic heterocycles. The fourth-order valence-electron chi connectivity index (χ4n) is 1.34. The molecular weight excluding hydrogens is 252 g/mol. The van der Waals surface area contributed by atoms with E-state index < -0.39 is 0 Å². The fourth-order valence-corrected chi connectivity index (χ4v) is 2.89.